The van der Waals surface area contributed by atoms with Crippen molar-refractivity contribution in [1.82, 2.24) is 15.5 Å². The van der Waals surface area contributed by atoms with Crippen LogP contribution in [-0.4, -0.2) is 29.0 Å². The van der Waals surface area contributed by atoms with Gasteiger partial charge in [0.1, 0.15) is 0 Å². The van der Waals surface area contributed by atoms with Crippen LogP contribution in [0.15, 0.2) is 23.7 Å². The van der Waals surface area contributed by atoms with Gasteiger partial charge in [0.15, 0.2) is 0 Å². The van der Waals surface area contributed by atoms with Crippen molar-refractivity contribution in [3.63, 3.8) is 0 Å². The van der Waals surface area contributed by atoms with Crippen molar-refractivity contribution in [2.24, 2.45) is 0 Å². The molecule has 0 saturated carbocycles. The first-order valence-corrected chi connectivity index (χ1v) is 7.56. The van der Waals surface area contributed by atoms with Gasteiger partial charge in [0.2, 0.25) is 0 Å². The fraction of sp³-hybridized carbons (Fsp3) is 0.500. The fourth-order valence-electron chi connectivity index (χ4n) is 2.52. The molecule has 19 heavy (non-hydrogen) atoms. The normalized spacial score (nSPS) is 23.0. The van der Waals surface area contributed by atoms with Crippen LogP contribution < -0.4 is 5.32 Å². The maximum atomic E-state index is 5.78. The average Bonchev–Trinajstić information content (AvgIpc) is 3.09. The molecule has 1 aliphatic rings. The third-order valence-electron chi connectivity index (χ3n) is 3.60. The quantitative estimate of drug-likeness (QED) is 0.883. The van der Waals surface area contributed by atoms with Crippen LogP contribution in [0.4, 0.5) is 0 Å². The Hall–Kier alpha value is -1.17. The number of nitrogens with zero attached hydrogens (tertiary/aromatic N) is 1. The van der Waals surface area contributed by atoms with E-state index >= 15 is 0 Å². The molecule has 3 heterocycles. The summed E-state index contributed by atoms with van der Waals surface area (Å²) in [5.74, 6) is 0. The highest BCUT2D eigenvalue weighted by Crippen LogP contribution is 2.26. The molecular formula is C14H19N3OS. The number of thiophene rings is 1. The minimum absolute atomic E-state index is 0.00678. The molecule has 0 bridgehead atoms. The molecule has 4 nitrogen and oxygen atoms in total. The van der Waals surface area contributed by atoms with E-state index in [2.05, 4.69) is 40.0 Å². The Labute approximate surface area is 117 Å². The van der Waals surface area contributed by atoms with E-state index in [0.717, 1.165) is 31.8 Å². The van der Waals surface area contributed by atoms with Gasteiger partial charge in [-0.1, -0.05) is 6.07 Å². The minimum atomic E-state index is 0.00678. The second-order valence-corrected chi connectivity index (χ2v) is 6.20. The minimum Gasteiger partial charge on any atom is -0.374 e. The topological polar surface area (TPSA) is 49.9 Å². The number of ether oxygens (including phenoxy) is 1. The Bertz CT molecular complexity index is 515. The predicted octanol–water partition coefficient (Wildman–Crippen LogP) is 2.80. The van der Waals surface area contributed by atoms with Crippen molar-refractivity contribution in [1.29, 1.82) is 0 Å². The lowest BCUT2D eigenvalue weighted by molar-refractivity contribution is 0.0207. The fourth-order valence-corrected chi connectivity index (χ4v) is 3.27. The summed E-state index contributed by atoms with van der Waals surface area (Å²) in [7, 11) is 0. The zero-order valence-electron chi connectivity index (χ0n) is 11.1. The van der Waals surface area contributed by atoms with E-state index in [1.165, 1.54) is 16.9 Å². The van der Waals surface area contributed by atoms with Gasteiger partial charge in [0, 0.05) is 25.3 Å². The maximum Gasteiger partial charge on any atom is 0.0794 e. The molecule has 0 aliphatic carbocycles. The molecule has 1 unspecified atom stereocenters. The summed E-state index contributed by atoms with van der Waals surface area (Å²) in [6, 6.07) is 4.18. The summed E-state index contributed by atoms with van der Waals surface area (Å²) in [5.41, 5.74) is 2.34. The lowest BCUT2D eigenvalue weighted by Gasteiger charge is -2.23. The van der Waals surface area contributed by atoms with Gasteiger partial charge in [0.05, 0.1) is 22.4 Å². The van der Waals surface area contributed by atoms with Crippen LogP contribution in [0, 0.1) is 0 Å². The van der Waals surface area contributed by atoms with Crippen LogP contribution in [0.1, 0.15) is 25.3 Å². The van der Waals surface area contributed by atoms with Gasteiger partial charge in [-0.05, 0) is 31.2 Å². The van der Waals surface area contributed by atoms with Crippen molar-refractivity contribution >= 4 is 11.3 Å². The van der Waals surface area contributed by atoms with E-state index in [-0.39, 0.29) is 5.60 Å². The molecule has 1 saturated heterocycles. The van der Waals surface area contributed by atoms with E-state index in [9.17, 15) is 0 Å². The van der Waals surface area contributed by atoms with Crippen molar-refractivity contribution in [2.75, 3.05) is 13.2 Å². The molecule has 0 spiro atoms. The monoisotopic (exact) mass is 277 g/mol. The molecule has 1 aliphatic heterocycles. The highest BCUT2D eigenvalue weighted by Gasteiger charge is 2.29. The number of H-pyrrole nitrogens is 1. The maximum absolute atomic E-state index is 5.78. The van der Waals surface area contributed by atoms with E-state index in [1.807, 2.05) is 6.20 Å². The van der Waals surface area contributed by atoms with Crippen LogP contribution in [-0.2, 0) is 11.3 Å². The second kappa shape index (κ2) is 5.45. The number of aromatic amines is 1. The summed E-state index contributed by atoms with van der Waals surface area (Å²) < 4.78 is 5.78. The third kappa shape index (κ3) is 2.88. The predicted molar refractivity (Wildman–Crippen MR) is 77.2 cm³/mol. The molecule has 2 N–H and O–H groups in total. The van der Waals surface area contributed by atoms with Gasteiger partial charge in [-0.3, -0.25) is 5.10 Å². The van der Waals surface area contributed by atoms with Gasteiger partial charge in [-0.15, -0.1) is 11.3 Å². The third-order valence-corrected chi connectivity index (χ3v) is 4.49. The molecule has 1 fully saturated rings. The first kappa shape index (κ1) is 12.8. The molecule has 0 aromatic carbocycles. The van der Waals surface area contributed by atoms with E-state index in [4.69, 9.17) is 4.74 Å². The van der Waals surface area contributed by atoms with Gasteiger partial charge in [-0.2, -0.15) is 5.10 Å². The summed E-state index contributed by atoms with van der Waals surface area (Å²) in [4.78, 5) is 1.23. The number of nitrogens with one attached hydrogen (secondary N) is 2. The van der Waals surface area contributed by atoms with Gasteiger partial charge >= 0.3 is 0 Å². The Balaban J connectivity index is 1.60. The average molecular weight is 277 g/mol. The SMILES string of the molecule is CC1(CNCc2cn[nH]c2-c2cccs2)CCCO1. The summed E-state index contributed by atoms with van der Waals surface area (Å²) >= 11 is 1.73. The zero-order chi connectivity index (χ0) is 13.1. The Morgan fingerprint density at radius 1 is 1.58 bits per heavy atom. The van der Waals surface area contributed by atoms with Crippen molar-refractivity contribution < 1.29 is 4.74 Å². The van der Waals surface area contributed by atoms with E-state index < -0.39 is 0 Å². The Morgan fingerprint density at radius 3 is 3.26 bits per heavy atom. The number of aromatic nitrogens is 2. The highest BCUT2D eigenvalue weighted by atomic mass is 32.1. The van der Waals surface area contributed by atoms with Crippen LogP contribution in [0.25, 0.3) is 10.6 Å². The van der Waals surface area contributed by atoms with Gasteiger partial charge < -0.3 is 10.1 Å². The molecule has 3 rings (SSSR count). The molecule has 2 aromatic heterocycles. The molecule has 2 aromatic rings. The molecule has 102 valence electrons. The number of hydrogen-bond acceptors (Lipinski definition) is 4. The molecule has 0 radical (unpaired) electrons. The van der Waals surface area contributed by atoms with Crippen LogP contribution in [0.5, 0.6) is 0 Å². The van der Waals surface area contributed by atoms with E-state index in [1.54, 1.807) is 11.3 Å². The van der Waals surface area contributed by atoms with Crippen LogP contribution >= 0.6 is 11.3 Å². The van der Waals surface area contributed by atoms with Crippen LogP contribution in [0.3, 0.4) is 0 Å². The number of rotatable bonds is 5. The lowest BCUT2D eigenvalue weighted by atomic mass is 10.0. The number of hydrogen-bond donors (Lipinski definition) is 2. The first-order valence-electron chi connectivity index (χ1n) is 6.68. The summed E-state index contributed by atoms with van der Waals surface area (Å²) in [5, 5.41) is 12.8. The van der Waals surface area contributed by atoms with Gasteiger partial charge in [0.25, 0.3) is 0 Å². The Kier molecular flexibility index (Phi) is 3.68. The van der Waals surface area contributed by atoms with Crippen molar-refractivity contribution in [3.05, 3.63) is 29.3 Å². The summed E-state index contributed by atoms with van der Waals surface area (Å²) in [6.45, 7) is 4.79. The summed E-state index contributed by atoms with van der Waals surface area (Å²) in [6.07, 6.45) is 4.22. The smallest absolute Gasteiger partial charge is 0.0794 e. The standard InChI is InChI=1S/C14H19N3OS/c1-14(5-3-6-18-14)10-15-8-11-9-16-17-13(11)12-4-2-7-19-12/h2,4,7,9,15H,3,5-6,8,10H2,1H3,(H,16,17). The molecule has 5 heteroatoms. The lowest BCUT2D eigenvalue weighted by Crippen LogP contribution is -2.36. The Morgan fingerprint density at radius 2 is 2.53 bits per heavy atom. The molecular weight excluding hydrogens is 258 g/mol. The van der Waals surface area contributed by atoms with Crippen molar-refractivity contribution in [2.45, 2.75) is 31.9 Å². The van der Waals surface area contributed by atoms with Gasteiger partial charge in [-0.25, -0.2) is 0 Å². The zero-order valence-corrected chi connectivity index (χ0v) is 11.9. The molecule has 0 amide bonds. The highest BCUT2D eigenvalue weighted by molar-refractivity contribution is 7.13. The molecule has 1 atom stereocenters. The largest absolute Gasteiger partial charge is 0.374 e. The van der Waals surface area contributed by atoms with E-state index in [0.29, 0.717) is 0 Å². The van der Waals surface area contributed by atoms with Crippen molar-refractivity contribution in [3.8, 4) is 10.6 Å². The van der Waals surface area contributed by atoms with Crippen LogP contribution in [0.2, 0.25) is 0 Å². The second-order valence-electron chi connectivity index (χ2n) is 5.25. The first-order chi connectivity index (χ1) is 9.27.